The predicted octanol–water partition coefficient (Wildman–Crippen LogP) is 1.59. The van der Waals surface area contributed by atoms with Crippen molar-refractivity contribution in [2.45, 2.75) is 45.6 Å². The van der Waals surface area contributed by atoms with Crippen molar-refractivity contribution < 1.29 is 14.7 Å². The maximum atomic E-state index is 11.5. The van der Waals surface area contributed by atoms with Crippen LogP contribution < -0.4 is 10.6 Å². The molecule has 3 N–H and O–H groups in total. The number of hydrogen-bond donors (Lipinski definition) is 3. The van der Waals surface area contributed by atoms with Gasteiger partial charge >= 0.3 is 12.0 Å². The number of aliphatic carboxylic acids is 1. The molecule has 0 aromatic heterocycles. The molecule has 0 aliphatic rings. The fraction of sp³-hybridized carbons (Fsp3) is 0.692. The Hall–Kier alpha value is -1.70. The van der Waals surface area contributed by atoms with Crippen LogP contribution in [0.25, 0.3) is 0 Å². The van der Waals surface area contributed by atoms with E-state index >= 15 is 0 Å². The zero-order valence-electron chi connectivity index (χ0n) is 11.0. The standard InChI is InChI=1S/C13H22N2O3/c1-4-6-7-8-9-14-13(18)15-11(12(16)17)10(3)5-2/h1,10-11H,5-9H2,2-3H3,(H,16,17)(H2,14,15,18)/t10-,11-/m0/s1. The minimum atomic E-state index is -1.01. The highest BCUT2D eigenvalue weighted by atomic mass is 16.4. The molecule has 0 aromatic rings. The molecule has 0 spiro atoms. The summed E-state index contributed by atoms with van der Waals surface area (Å²) in [5, 5.41) is 14.1. The molecule has 0 aliphatic heterocycles. The van der Waals surface area contributed by atoms with Crippen molar-refractivity contribution in [3.8, 4) is 12.3 Å². The molecule has 0 heterocycles. The molecule has 0 aromatic carbocycles. The second-order valence-corrected chi connectivity index (χ2v) is 4.26. The van der Waals surface area contributed by atoms with Crippen LogP contribution in [0.4, 0.5) is 4.79 Å². The van der Waals surface area contributed by atoms with E-state index in [1.54, 1.807) is 6.92 Å². The molecule has 102 valence electrons. The summed E-state index contributed by atoms with van der Waals surface area (Å²) < 4.78 is 0. The molecular formula is C13H22N2O3. The number of carbonyl (C=O) groups excluding carboxylic acids is 1. The summed E-state index contributed by atoms with van der Waals surface area (Å²) in [4.78, 5) is 22.5. The molecule has 18 heavy (non-hydrogen) atoms. The summed E-state index contributed by atoms with van der Waals surface area (Å²) in [6.45, 7) is 4.19. The van der Waals surface area contributed by atoms with E-state index in [1.807, 2.05) is 6.92 Å². The van der Waals surface area contributed by atoms with Gasteiger partial charge in [0.05, 0.1) is 0 Å². The van der Waals surface area contributed by atoms with Crippen molar-refractivity contribution in [2.24, 2.45) is 5.92 Å². The fourth-order valence-electron chi connectivity index (χ4n) is 1.43. The summed E-state index contributed by atoms with van der Waals surface area (Å²) in [5.74, 6) is 1.41. The molecule has 2 amide bonds. The smallest absolute Gasteiger partial charge is 0.326 e. The van der Waals surface area contributed by atoms with Crippen molar-refractivity contribution in [2.75, 3.05) is 6.54 Å². The molecule has 0 rings (SSSR count). The van der Waals surface area contributed by atoms with E-state index in [9.17, 15) is 9.59 Å². The largest absolute Gasteiger partial charge is 0.480 e. The molecule has 0 bridgehead atoms. The highest BCUT2D eigenvalue weighted by molar-refractivity contribution is 5.82. The lowest BCUT2D eigenvalue weighted by molar-refractivity contribution is -0.140. The maximum Gasteiger partial charge on any atom is 0.326 e. The lowest BCUT2D eigenvalue weighted by atomic mass is 9.99. The normalized spacial score (nSPS) is 13.2. The first-order chi connectivity index (χ1) is 8.52. The lowest BCUT2D eigenvalue weighted by Gasteiger charge is -2.20. The Bertz CT molecular complexity index is 310. The third-order valence-corrected chi connectivity index (χ3v) is 2.80. The molecule has 2 atom stereocenters. The topological polar surface area (TPSA) is 78.4 Å². The molecule has 0 unspecified atom stereocenters. The van der Waals surface area contributed by atoms with Crippen LogP contribution in [0.15, 0.2) is 0 Å². The van der Waals surface area contributed by atoms with Gasteiger partial charge in [0.2, 0.25) is 0 Å². The molecular weight excluding hydrogens is 232 g/mol. The Morgan fingerprint density at radius 2 is 2.06 bits per heavy atom. The zero-order chi connectivity index (χ0) is 14.0. The van der Waals surface area contributed by atoms with E-state index < -0.39 is 18.0 Å². The van der Waals surface area contributed by atoms with E-state index in [-0.39, 0.29) is 5.92 Å². The third-order valence-electron chi connectivity index (χ3n) is 2.80. The molecule has 5 nitrogen and oxygen atoms in total. The van der Waals surface area contributed by atoms with E-state index in [2.05, 4.69) is 16.6 Å². The van der Waals surface area contributed by atoms with Crippen LogP contribution in [0, 0.1) is 18.3 Å². The Morgan fingerprint density at radius 3 is 2.56 bits per heavy atom. The first-order valence-corrected chi connectivity index (χ1v) is 6.23. The van der Waals surface area contributed by atoms with Gasteiger partial charge < -0.3 is 15.7 Å². The minimum Gasteiger partial charge on any atom is -0.480 e. The van der Waals surface area contributed by atoms with Crippen LogP contribution in [0.2, 0.25) is 0 Å². The van der Waals surface area contributed by atoms with Crippen LogP contribution in [0.5, 0.6) is 0 Å². The Balaban J connectivity index is 3.97. The summed E-state index contributed by atoms with van der Waals surface area (Å²) in [5.41, 5.74) is 0. The minimum absolute atomic E-state index is 0.102. The second kappa shape index (κ2) is 9.34. The first kappa shape index (κ1) is 16.3. The van der Waals surface area contributed by atoms with Crippen LogP contribution in [0.3, 0.4) is 0 Å². The van der Waals surface area contributed by atoms with Gasteiger partial charge in [-0.2, -0.15) is 0 Å². The van der Waals surface area contributed by atoms with Crippen molar-refractivity contribution >= 4 is 12.0 Å². The summed E-state index contributed by atoms with van der Waals surface area (Å²) in [7, 11) is 0. The number of nitrogens with one attached hydrogen (secondary N) is 2. The molecule has 0 saturated carbocycles. The van der Waals surface area contributed by atoms with Crippen LogP contribution in [0.1, 0.15) is 39.5 Å². The van der Waals surface area contributed by atoms with Gasteiger partial charge in [0.1, 0.15) is 6.04 Å². The summed E-state index contributed by atoms with van der Waals surface area (Å²) in [6.07, 6.45) is 8.13. The van der Waals surface area contributed by atoms with Crippen molar-refractivity contribution in [1.29, 1.82) is 0 Å². The predicted molar refractivity (Wildman–Crippen MR) is 70.1 cm³/mol. The molecule has 0 aliphatic carbocycles. The number of carboxylic acid groups (broad SMARTS) is 1. The third kappa shape index (κ3) is 6.79. The van der Waals surface area contributed by atoms with Crippen LogP contribution >= 0.6 is 0 Å². The van der Waals surface area contributed by atoms with E-state index in [0.717, 1.165) is 12.8 Å². The Morgan fingerprint density at radius 1 is 1.39 bits per heavy atom. The average Bonchev–Trinajstić information content (AvgIpc) is 2.34. The van der Waals surface area contributed by atoms with E-state index in [1.165, 1.54) is 0 Å². The molecule has 0 fully saturated rings. The number of terminal acetylenes is 1. The number of urea groups is 1. The van der Waals surface area contributed by atoms with Gasteiger partial charge in [-0.05, 0) is 18.8 Å². The van der Waals surface area contributed by atoms with Crippen LogP contribution in [-0.2, 0) is 4.79 Å². The van der Waals surface area contributed by atoms with E-state index in [4.69, 9.17) is 11.5 Å². The van der Waals surface area contributed by atoms with Crippen LogP contribution in [-0.4, -0.2) is 29.7 Å². The maximum absolute atomic E-state index is 11.5. The van der Waals surface area contributed by atoms with Gasteiger partial charge in [-0.25, -0.2) is 9.59 Å². The van der Waals surface area contributed by atoms with Gasteiger partial charge in [-0.1, -0.05) is 20.3 Å². The molecule has 5 heteroatoms. The van der Waals surface area contributed by atoms with Gasteiger partial charge in [0.15, 0.2) is 0 Å². The summed E-state index contributed by atoms with van der Waals surface area (Å²) >= 11 is 0. The molecule has 0 radical (unpaired) electrons. The highest BCUT2D eigenvalue weighted by Gasteiger charge is 2.24. The monoisotopic (exact) mass is 254 g/mol. The van der Waals surface area contributed by atoms with Gasteiger partial charge in [-0.15, -0.1) is 12.3 Å². The average molecular weight is 254 g/mol. The number of unbranched alkanes of at least 4 members (excludes halogenated alkanes) is 2. The highest BCUT2D eigenvalue weighted by Crippen LogP contribution is 2.07. The quantitative estimate of drug-likeness (QED) is 0.454. The first-order valence-electron chi connectivity index (χ1n) is 6.23. The zero-order valence-corrected chi connectivity index (χ0v) is 11.0. The molecule has 0 saturated heterocycles. The SMILES string of the molecule is C#CCCCCNC(=O)N[C@H](C(=O)O)[C@@H](C)CC. The Kier molecular flexibility index (Phi) is 8.46. The number of carbonyl (C=O) groups is 2. The number of rotatable bonds is 8. The van der Waals surface area contributed by atoms with E-state index in [0.29, 0.717) is 19.4 Å². The number of hydrogen-bond acceptors (Lipinski definition) is 2. The van der Waals surface area contributed by atoms with Crippen molar-refractivity contribution in [3.63, 3.8) is 0 Å². The van der Waals surface area contributed by atoms with Gasteiger partial charge in [-0.3, -0.25) is 0 Å². The van der Waals surface area contributed by atoms with Gasteiger partial charge in [0.25, 0.3) is 0 Å². The van der Waals surface area contributed by atoms with Gasteiger partial charge in [0, 0.05) is 13.0 Å². The summed E-state index contributed by atoms with van der Waals surface area (Å²) in [6, 6.07) is -1.29. The van der Waals surface area contributed by atoms with Crippen molar-refractivity contribution in [3.05, 3.63) is 0 Å². The Labute approximate surface area is 108 Å². The number of amides is 2. The van der Waals surface area contributed by atoms with Crippen molar-refractivity contribution in [1.82, 2.24) is 10.6 Å². The lowest BCUT2D eigenvalue weighted by Crippen LogP contribution is -2.49. The number of carboxylic acids is 1. The fourth-order valence-corrected chi connectivity index (χ4v) is 1.43. The second-order valence-electron chi connectivity index (χ2n) is 4.26.